The number of hydrogen-bond donors (Lipinski definition) is 0. The van der Waals surface area contributed by atoms with Crippen LogP contribution in [0.15, 0.2) is 12.1 Å². The van der Waals surface area contributed by atoms with Gasteiger partial charge in [-0.1, -0.05) is 0 Å². The molecule has 0 aliphatic rings. The first kappa shape index (κ1) is 16.0. The quantitative estimate of drug-likeness (QED) is 0.600. The molecule has 0 bridgehead atoms. The highest BCUT2D eigenvalue weighted by Gasteiger charge is 2.26. The van der Waals surface area contributed by atoms with Gasteiger partial charge < -0.3 is 4.90 Å². The molecule has 0 atom stereocenters. The van der Waals surface area contributed by atoms with Gasteiger partial charge in [0.2, 0.25) is 0 Å². The smallest absolute Gasteiger partial charge is 0.279 e. The summed E-state index contributed by atoms with van der Waals surface area (Å²) < 4.78 is 0. The van der Waals surface area contributed by atoms with E-state index >= 15 is 0 Å². The van der Waals surface area contributed by atoms with Crippen molar-refractivity contribution < 1.29 is 14.6 Å². The van der Waals surface area contributed by atoms with E-state index in [0.717, 1.165) is 12.1 Å². The van der Waals surface area contributed by atoms with Crippen molar-refractivity contribution in [1.29, 1.82) is 5.26 Å². The molecule has 0 saturated carbocycles. The van der Waals surface area contributed by atoms with E-state index in [1.54, 1.807) is 0 Å². The van der Waals surface area contributed by atoms with Crippen LogP contribution in [-0.4, -0.2) is 34.2 Å². The zero-order chi connectivity index (χ0) is 16.2. The lowest BCUT2D eigenvalue weighted by atomic mass is 10.1. The lowest BCUT2D eigenvalue weighted by Crippen LogP contribution is -2.27. The van der Waals surface area contributed by atoms with Gasteiger partial charge in [0.05, 0.1) is 27.9 Å². The number of nitro groups is 2. The molecular weight excluding hydrogens is 280 g/mol. The molecule has 0 aromatic heterocycles. The van der Waals surface area contributed by atoms with Crippen molar-refractivity contribution in [1.82, 2.24) is 4.90 Å². The van der Waals surface area contributed by atoms with Crippen LogP contribution >= 0.6 is 0 Å². The highest BCUT2D eigenvalue weighted by Crippen LogP contribution is 2.29. The van der Waals surface area contributed by atoms with Gasteiger partial charge in [-0.2, -0.15) is 5.26 Å². The van der Waals surface area contributed by atoms with Crippen LogP contribution in [0.4, 0.5) is 11.4 Å². The Balaban J connectivity index is 3.31. The van der Waals surface area contributed by atoms with E-state index in [1.165, 1.54) is 18.9 Å². The topological polar surface area (TPSA) is 130 Å². The van der Waals surface area contributed by atoms with Crippen molar-refractivity contribution in [2.45, 2.75) is 13.3 Å². The molecule has 110 valence electrons. The third kappa shape index (κ3) is 3.50. The van der Waals surface area contributed by atoms with Crippen molar-refractivity contribution in [2.24, 2.45) is 0 Å². The second-order valence-electron chi connectivity index (χ2n) is 4.29. The molecule has 0 aliphatic carbocycles. The third-order valence-corrected chi connectivity index (χ3v) is 2.90. The molecule has 1 amide bonds. The summed E-state index contributed by atoms with van der Waals surface area (Å²) in [7, 11) is 1.41. The summed E-state index contributed by atoms with van der Waals surface area (Å²) in [4.78, 5) is 33.6. The van der Waals surface area contributed by atoms with Gasteiger partial charge in [-0.15, -0.1) is 0 Å². The van der Waals surface area contributed by atoms with Gasteiger partial charge >= 0.3 is 0 Å². The summed E-state index contributed by atoms with van der Waals surface area (Å²) in [6.45, 7) is 1.38. The average Bonchev–Trinajstić information content (AvgIpc) is 2.43. The Bertz CT molecular complexity index is 615. The monoisotopic (exact) mass is 292 g/mol. The lowest BCUT2D eigenvalue weighted by Gasteiger charge is -2.15. The Kier molecular flexibility index (Phi) is 4.91. The summed E-state index contributed by atoms with van der Waals surface area (Å²) in [5.41, 5.74) is -1.23. The fourth-order valence-electron chi connectivity index (χ4n) is 1.73. The van der Waals surface area contributed by atoms with Crippen molar-refractivity contribution in [3.8, 4) is 6.07 Å². The zero-order valence-corrected chi connectivity index (χ0v) is 11.4. The van der Waals surface area contributed by atoms with Crippen LogP contribution in [0.2, 0.25) is 0 Å². The van der Waals surface area contributed by atoms with Gasteiger partial charge in [0.25, 0.3) is 17.3 Å². The minimum atomic E-state index is -0.769. The van der Waals surface area contributed by atoms with Crippen molar-refractivity contribution in [3.05, 3.63) is 43.5 Å². The van der Waals surface area contributed by atoms with Crippen LogP contribution in [0, 0.1) is 38.5 Å². The number of nitrogens with zero attached hydrogens (tertiary/aromatic N) is 4. The van der Waals surface area contributed by atoms with E-state index < -0.39 is 27.1 Å². The molecule has 0 heterocycles. The van der Waals surface area contributed by atoms with Crippen molar-refractivity contribution in [3.63, 3.8) is 0 Å². The molecule has 0 saturated heterocycles. The maximum absolute atomic E-state index is 12.1. The molecule has 1 rings (SSSR count). The van der Waals surface area contributed by atoms with Gasteiger partial charge in [-0.05, 0) is 6.92 Å². The van der Waals surface area contributed by atoms with Gasteiger partial charge in [0.15, 0.2) is 0 Å². The first-order chi connectivity index (χ1) is 9.79. The van der Waals surface area contributed by atoms with Crippen LogP contribution in [-0.2, 0) is 0 Å². The minimum Gasteiger partial charge on any atom is -0.341 e. The van der Waals surface area contributed by atoms with Crippen molar-refractivity contribution in [2.75, 3.05) is 13.6 Å². The lowest BCUT2D eigenvalue weighted by molar-refractivity contribution is -0.395. The van der Waals surface area contributed by atoms with Crippen molar-refractivity contribution >= 4 is 17.3 Å². The van der Waals surface area contributed by atoms with Crippen LogP contribution in [0.25, 0.3) is 0 Å². The van der Waals surface area contributed by atoms with E-state index in [1.807, 2.05) is 6.07 Å². The Morgan fingerprint density at radius 2 is 1.76 bits per heavy atom. The molecule has 0 radical (unpaired) electrons. The number of amides is 1. The SMILES string of the molecule is Cc1c([N+](=O)[O-])cc(C(=O)N(C)CCC#N)cc1[N+](=O)[O-]. The average molecular weight is 292 g/mol. The standard InChI is InChI=1S/C12H12N4O5/c1-8-10(15(18)19)6-9(7-11(8)16(20)21)12(17)14(2)5-3-4-13/h6-7H,3,5H2,1-2H3. The summed E-state index contributed by atoms with van der Waals surface area (Å²) in [5, 5.41) is 30.3. The van der Waals surface area contributed by atoms with Gasteiger partial charge in [-0.25, -0.2) is 0 Å². The second-order valence-corrected chi connectivity index (χ2v) is 4.29. The minimum absolute atomic E-state index is 0.0955. The molecule has 0 N–H and O–H groups in total. The number of rotatable bonds is 5. The van der Waals surface area contributed by atoms with Gasteiger partial charge in [-0.3, -0.25) is 25.0 Å². The number of benzene rings is 1. The number of carbonyl (C=O) groups excluding carboxylic acids is 1. The maximum atomic E-state index is 12.1. The highest BCUT2D eigenvalue weighted by molar-refractivity contribution is 5.95. The molecule has 1 aromatic rings. The Hall–Kier alpha value is -3.02. The Morgan fingerprint density at radius 3 is 2.14 bits per heavy atom. The molecule has 0 spiro atoms. The van der Waals surface area contributed by atoms with Crippen LogP contribution in [0.3, 0.4) is 0 Å². The normalized spacial score (nSPS) is 9.76. The Labute approximate surface area is 119 Å². The number of carbonyl (C=O) groups is 1. The first-order valence-electron chi connectivity index (χ1n) is 5.85. The van der Waals surface area contributed by atoms with E-state index in [4.69, 9.17) is 5.26 Å². The zero-order valence-electron chi connectivity index (χ0n) is 11.4. The number of nitriles is 1. The summed E-state index contributed by atoms with van der Waals surface area (Å²) in [5.74, 6) is -0.614. The Morgan fingerprint density at radius 1 is 1.29 bits per heavy atom. The van der Waals surface area contributed by atoms with E-state index in [2.05, 4.69) is 0 Å². The van der Waals surface area contributed by atoms with Crippen LogP contribution in [0.5, 0.6) is 0 Å². The predicted molar refractivity (Wildman–Crippen MR) is 71.7 cm³/mol. The summed E-state index contributed by atoms with van der Waals surface area (Å²) >= 11 is 0. The van der Waals surface area contributed by atoms with E-state index in [-0.39, 0.29) is 24.1 Å². The molecule has 0 unspecified atom stereocenters. The molecular formula is C12H12N4O5. The molecule has 1 aromatic carbocycles. The third-order valence-electron chi connectivity index (χ3n) is 2.90. The molecule has 9 heteroatoms. The van der Waals surface area contributed by atoms with Crippen LogP contribution < -0.4 is 0 Å². The summed E-state index contributed by atoms with van der Waals surface area (Å²) in [6, 6.07) is 3.88. The highest BCUT2D eigenvalue weighted by atomic mass is 16.6. The maximum Gasteiger partial charge on any atom is 0.279 e. The van der Waals surface area contributed by atoms with Gasteiger partial charge in [0.1, 0.15) is 5.56 Å². The second kappa shape index (κ2) is 6.42. The number of hydrogen-bond acceptors (Lipinski definition) is 6. The van der Waals surface area contributed by atoms with Gasteiger partial charge in [0, 0.05) is 25.7 Å². The fourth-order valence-corrected chi connectivity index (χ4v) is 1.73. The molecule has 0 fully saturated rings. The van der Waals surface area contributed by atoms with E-state index in [0.29, 0.717) is 0 Å². The first-order valence-corrected chi connectivity index (χ1v) is 5.85. The largest absolute Gasteiger partial charge is 0.341 e. The van der Waals surface area contributed by atoms with Crippen LogP contribution in [0.1, 0.15) is 22.3 Å². The predicted octanol–water partition coefficient (Wildman–Crippen LogP) is 1.80. The molecule has 9 nitrogen and oxygen atoms in total. The fraction of sp³-hybridized carbons (Fsp3) is 0.333. The summed E-state index contributed by atoms with van der Waals surface area (Å²) in [6.07, 6.45) is 0.0955. The molecule has 0 aliphatic heterocycles. The number of nitro benzene ring substituents is 2. The molecule has 21 heavy (non-hydrogen) atoms. The van der Waals surface area contributed by atoms with E-state index in [9.17, 15) is 25.0 Å².